The monoisotopic (exact) mass is 381 g/mol. The van der Waals surface area contributed by atoms with Gasteiger partial charge in [-0.15, -0.1) is 0 Å². The number of nitrogens with one attached hydrogen (secondary N) is 1. The van der Waals surface area contributed by atoms with Crippen LogP contribution in [-0.4, -0.2) is 57.7 Å². The van der Waals surface area contributed by atoms with E-state index >= 15 is 0 Å². The molecular weight excluding hydrogens is 350 g/mol. The van der Waals surface area contributed by atoms with Crippen LogP contribution in [0.1, 0.15) is 46.0 Å². The number of aromatic amines is 1. The fraction of sp³-hybridized carbons (Fsp3) is 0.722. The average molecular weight is 381 g/mol. The van der Waals surface area contributed by atoms with Crippen molar-refractivity contribution in [3.63, 3.8) is 0 Å². The molecule has 1 aromatic rings. The smallest absolute Gasteiger partial charge is 0.330 e. The number of likely N-dealkylation sites (tertiary alicyclic amines) is 1. The molecular formula is C18H31N5O4. The minimum atomic E-state index is -0.645. The molecule has 0 aromatic carbocycles. The van der Waals surface area contributed by atoms with Gasteiger partial charge in [0, 0.05) is 19.6 Å². The molecule has 9 nitrogen and oxygen atoms in total. The number of anilines is 2. The topological polar surface area (TPSA) is 125 Å². The number of H-pyrrole nitrogens is 1. The summed E-state index contributed by atoms with van der Waals surface area (Å²) in [6, 6.07) is 0. The number of carbonyl (C=O) groups excluding carboxylic acids is 1. The number of β-amino-alcohol motifs (C(OH)–C–C–N with tert-alkyl or cyclic N) is 1. The van der Waals surface area contributed by atoms with Gasteiger partial charge in [0.05, 0.1) is 12.6 Å². The quantitative estimate of drug-likeness (QED) is 0.587. The van der Waals surface area contributed by atoms with E-state index in [1.165, 1.54) is 9.47 Å². The Morgan fingerprint density at radius 3 is 2.70 bits per heavy atom. The predicted octanol–water partition coefficient (Wildman–Crippen LogP) is 0.119. The molecule has 0 radical (unpaired) electrons. The highest BCUT2D eigenvalue weighted by atomic mass is 16.3. The van der Waals surface area contributed by atoms with Gasteiger partial charge >= 0.3 is 5.69 Å². The largest absolute Gasteiger partial charge is 0.392 e. The van der Waals surface area contributed by atoms with E-state index in [0.29, 0.717) is 32.5 Å². The number of carbonyl (C=O) groups is 1. The van der Waals surface area contributed by atoms with Gasteiger partial charge < -0.3 is 15.7 Å². The van der Waals surface area contributed by atoms with Gasteiger partial charge in [0.2, 0.25) is 5.91 Å². The van der Waals surface area contributed by atoms with Crippen LogP contribution in [0.4, 0.5) is 11.5 Å². The van der Waals surface area contributed by atoms with Gasteiger partial charge in [-0.2, -0.15) is 0 Å². The van der Waals surface area contributed by atoms with Crippen LogP contribution in [0.2, 0.25) is 0 Å². The van der Waals surface area contributed by atoms with Crippen LogP contribution in [-0.2, 0) is 11.3 Å². The zero-order valence-corrected chi connectivity index (χ0v) is 16.2. The number of hydrogen-bond acceptors (Lipinski definition) is 6. The van der Waals surface area contributed by atoms with Crippen molar-refractivity contribution in [2.45, 2.75) is 58.6 Å². The number of piperidine rings is 1. The molecule has 2 heterocycles. The minimum Gasteiger partial charge on any atom is -0.392 e. The molecule has 4 N–H and O–H groups in total. The lowest BCUT2D eigenvalue weighted by atomic mass is 10.1. The number of nitrogen functional groups attached to an aromatic ring is 1. The van der Waals surface area contributed by atoms with Crippen molar-refractivity contribution in [3.8, 4) is 0 Å². The van der Waals surface area contributed by atoms with Gasteiger partial charge in [0.15, 0.2) is 5.69 Å². The first-order valence-corrected chi connectivity index (χ1v) is 9.72. The lowest BCUT2D eigenvalue weighted by molar-refractivity contribution is -0.120. The van der Waals surface area contributed by atoms with Crippen LogP contribution < -0.4 is 21.9 Å². The summed E-state index contributed by atoms with van der Waals surface area (Å²) in [5.41, 5.74) is 4.96. The molecule has 27 heavy (non-hydrogen) atoms. The van der Waals surface area contributed by atoms with E-state index in [9.17, 15) is 19.5 Å². The number of hydrogen-bond donors (Lipinski definition) is 3. The molecule has 1 unspecified atom stereocenters. The van der Waals surface area contributed by atoms with Gasteiger partial charge in [0.1, 0.15) is 5.82 Å². The van der Waals surface area contributed by atoms with E-state index in [2.05, 4.69) is 4.98 Å². The van der Waals surface area contributed by atoms with Gasteiger partial charge in [-0.25, -0.2) is 4.79 Å². The third-order valence-corrected chi connectivity index (χ3v) is 4.81. The molecule has 0 bridgehead atoms. The number of nitrogens with two attached hydrogens (primary N) is 1. The molecule has 9 heteroatoms. The van der Waals surface area contributed by atoms with Gasteiger partial charge in [-0.05, 0) is 32.2 Å². The van der Waals surface area contributed by atoms with Gasteiger partial charge in [-0.3, -0.25) is 24.0 Å². The molecule has 0 spiro atoms. The second kappa shape index (κ2) is 9.70. The minimum absolute atomic E-state index is 0.0220. The first-order chi connectivity index (χ1) is 12.9. The van der Waals surface area contributed by atoms with Crippen molar-refractivity contribution < 1.29 is 9.90 Å². The van der Waals surface area contributed by atoms with E-state index < -0.39 is 17.4 Å². The summed E-state index contributed by atoms with van der Waals surface area (Å²) in [6.45, 7) is 5.88. The van der Waals surface area contributed by atoms with Crippen LogP contribution in [0.3, 0.4) is 0 Å². The Bertz CT molecular complexity index is 757. The Labute approximate surface area is 158 Å². The van der Waals surface area contributed by atoms with Crippen molar-refractivity contribution in [1.82, 2.24) is 14.5 Å². The highest BCUT2D eigenvalue weighted by molar-refractivity contribution is 5.96. The van der Waals surface area contributed by atoms with Crippen LogP contribution in [0.5, 0.6) is 0 Å². The van der Waals surface area contributed by atoms with Gasteiger partial charge in [-0.1, -0.05) is 20.3 Å². The van der Waals surface area contributed by atoms with E-state index in [1.807, 2.05) is 18.7 Å². The molecule has 1 aliphatic rings. The maximum atomic E-state index is 13.0. The molecule has 152 valence electrons. The number of aliphatic hydroxyl groups excluding tert-OH is 1. The molecule has 1 fully saturated rings. The molecule has 0 aliphatic carbocycles. The van der Waals surface area contributed by atoms with Crippen molar-refractivity contribution in [2.75, 3.05) is 36.8 Å². The summed E-state index contributed by atoms with van der Waals surface area (Å²) in [4.78, 5) is 43.1. The highest BCUT2D eigenvalue weighted by Crippen LogP contribution is 2.19. The van der Waals surface area contributed by atoms with Crippen LogP contribution in [0, 0.1) is 0 Å². The second-order valence-corrected chi connectivity index (χ2v) is 7.07. The summed E-state index contributed by atoms with van der Waals surface area (Å²) < 4.78 is 1.30. The molecule has 0 saturated carbocycles. The fourth-order valence-corrected chi connectivity index (χ4v) is 3.41. The van der Waals surface area contributed by atoms with Crippen LogP contribution in [0.25, 0.3) is 0 Å². The summed E-state index contributed by atoms with van der Waals surface area (Å²) in [7, 11) is 0. The van der Waals surface area contributed by atoms with Crippen molar-refractivity contribution >= 4 is 17.4 Å². The molecule has 1 aromatic heterocycles. The van der Waals surface area contributed by atoms with Crippen LogP contribution >= 0.6 is 0 Å². The Morgan fingerprint density at radius 2 is 2.07 bits per heavy atom. The van der Waals surface area contributed by atoms with Crippen molar-refractivity contribution in [3.05, 3.63) is 20.8 Å². The van der Waals surface area contributed by atoms with Gasteiger partial charge in [0.25, 0.3) is 5.56 Å². The summed E-state index contributed by atoms with van der Waals surface area (Å²) in [5, 5.41) is 9.82. The normalized spacial score (nSPS) is 17.8. The third kappa shape index (κ3) is 5.20. The highest BCUT2D eigenvalue weighted by Gasteiger charge is 2.27. The third-order valence-electron chi connectivity index (χ3n) is 4.81. The summed E-state index contributed by atoms with van der Waals surface area (Å²) in [6.07, 6.45) is 3.35. The van der Waals surface area contributed by atoms with E-state index in [4.69, 9.17) is 5.73 Å². The van der Waals surface area contributed by atoms with E-state index in [-0.39, 0.29) is 24.0 Å². The molecule has 1 aliphatic heterocycles. The van der Waals surface area contributed by atoms with Crippen molar-refractivity contribution in [1.29, 1.82) is 0 Å². The maximum absolute atomic E-state index is 13.0. The number of aliphatic hydroxyl groups is 1. The zero-order chi connectivity index (χ0) is 20.0. The Hall–Kier alpha value is -2.13. The summed E-state index contributed by atoms with van der Waals surface area (Å²) in [5.74, 6) is -0.231. The first-order valence-electron chi connectivity index (χ1n) is 9.72. The average Bonchev–Trinajstić information content (AvgIpc) is 2.61. The van der Waals surface area contributed by atoms with Crippen LogP contribution in [0.15, 0.2) is 9.59 Å². The number of rotatable bonds is 8. The number of nitrogens with zero attached hydrogens (tertiary/aromatic N) is 3. The molecule has 2 rings (SSSR count). The lowest BCUT2D eigenvalue weighted by Crippen LogP contribution is -2.48. The zero-order valence-electron chi connectivity index (χ0n) is 16.2. The van der Waals surface area contributed by atoms with Crippen molar-refractivity contribution in [2.24, 2.45) is 0 Å². The first kappa shape index (κ1) is 21.2. The Kier molecular flexibility index (Phi) is 7.61. The standard InChI is InChI=1S/C18H31N5O4/c1-3-5-10-22(14(25)12-21-9-6-7-13(24)11-21)15-16(19)23(8-4-2)18(27)20-17(15)26/h13,24H,3-12,19H2,1-2H3,(H,20,26,27). The second-order valence-electron chi connectivity index (χ2n) is 7.07. The Morgan fingerprint density at radius 1 is 1.33 bits per heavy atom. The molecule has 1 atom stereocenters. The fourth-order valence-electron chi connectivity index (χ4n) is 3.41. The predicted molar refractivity (Wildman–Crippen MR) is 105 cm³/mol. The maximum Gasteiger partial charge on any atom is 0.330 e. The van der Waals surface area contributed by atoms with E-state index in [0.717, 1.165) is 25.8 Å². The molecule has 1 amide bonds. The number of amides is 1. The Balaban J connectivity index is 2.35. The SMILES string of the molecule is CCCCN(C(=O)CN1CCCC(O)C1)c1c(N)n(CCC)c(=O)[nH]c1=O. The number of unbranched alkanes of at least 4 members (excludes halogenated alkanes) is 1. The summed E-state index contributed by atoms with van der Waals surface area (Å²) >= 11 is 0. The van der Waals surface area contributed by atoms with E-state index in [1.54, 1.807) is 0 Å². The number of aromatic nitrogens is 2. The molecule has 1 saturated heterocycles. The lowest BCUT2D eigenvalue weighted by Gasteiger charge is -2.32.